The Bertz CT molecular complexity index is 1000. The van der Waals surface area contributed by atoms with E-state index in [9.17, 15) is 18.0 Å². The molecule has 2 amide bonds. The van der Waals surface area contributed by atoms with Crippen molar-refractivity contribution in [3.8, 4) is 5.75 Å². The lowest BCUT2D eigenvalue weighted by molar-refractivity contribution is -0.136. The monoisotopic (exact) mass is 445 g/mol. The summed E-state index contributed by atoms with van der Waals surface area (Å²) in [4.78, 5) is 25.5. The Labute approximate surface area is 182 Å². The van der Waals surface area contributed by atoms with Crippen LogP contribution in [0.4, 0.5) is 5.69 Å². The van der Waals surface area contributed by atoms with E-state index in [1.807, 2.05) is 0 Å². The van der Waals surface area contributed by atoms with Crippen LogP contribution in [0.25, 0.3) is 0 Å². The number of benzene rings is 2. The van der Waals surface area contributed by atoms with Crippen LogP contribution in [-0.4, -0.2) is 51.4 Å². The molecule has 0 saturated carbocycles. The second-order valence-electron chi connectivity index (χ2n) is 7.32. The highest BCUT2D eigenvalue weighted by molar-refractivity contribution is 7.92. The van der Waals surface area contributed by atoms with Crippen LogP contribution < -0.4 is 14.8 Å². The number of likely N-dealkylation sites (tertiary alicyclic amines) is 1. The first-order chi connectivity index (χ1) is 14.8. The highest BCUT2D eigenvalue weighted by Crippen LogP contribution is 2.25. The highest BCUT2D eigenvalue weighted by Gasteiger charge is 2.26. The lowest BCUT2D eigenvalue weighted by Gasteiger charge is -2.30. The normalized spacial score (nSPS) is 14.8. The van der Waals surface area contributed by atoms with Gasteiger partial charge in [-0.25, -0.2) is 8.42 Å². The van der Waals surface area contributed by atoms with Crippen molar-refractivity contribution in [1.82, 2.24) is 4.90 Å². The van der Waals surface area contributed by atoms with Gasteiger partial charge in [-0.05, 0) is 56.2 Å². The molecule has 1 aliphatic rings. The van der Waals surface area contributed by atoms with Gasteiger partial charge in [0, 0.05) is 25.6 Å². The first kappa shape index (κ1) is 22.6. The first-order valence-corrected chi connectivity index (χ1v) is 11.6. The van der Waals surface area contributed by atoms with Gasteiger partial charge in [-0.3, -0.25) is 13.9 Å². The Morgan fingerprint density at radius 1 is 1.06 bits per heavy atom. The van der Waals surface area contributed by atoms with E-state index >= 15 is 0 Å². The number of amides is 2. The Kier molecular flexibility index (Phi) is 7.17. The smallest absolute Gasteiger partial charge is 0.264 e. The molecule has 9 heteroatoms. The maximum Gasteiger partial charge on any atom is 0.264 e. The third kappa shape index (κ3) is 5.35. The molecule has 0 unspecified atom stereocenters. The summed E-state index contributed by atoms with van der Waals surface area (Å²) in [6.07, 6.45) is 1.14. The summed E-state index contributed by atoms with van der Waals surface area (Å²) < 4.78 is 32.7. The Balaban J connectivity index is 1.60. The quantitative estimate of drug-likeness (QED) is 0.668. The van der Waals surface area contributed by atoms with Gasteiger partial charge in [0.1, 0.15) is 5.75 Å². The molecule has 31 heavy (non-hydrogen) atoms. The SMILES string of the molecule is CCN(c1ccc(OCC(=O)N2CCC(C(N)=O)CC2)cc1)S(=O)(=O)c1ccccc1. The molecule has 2 aromatic rings. The van der Waals surface area contributed by atoms with E-state index in [-0.39, 0.29) is 35.8 Å². The van der Waals surface area contributed by atoms with Crippen LogP contribution in [0.5, 0.6) is 5.75 Å². The topological polar surface area (TPSA) is 110 Å². The zero-order valence-corrected chi connectivity index (χ0v) is 18.3. The maximum atomic E-state index is 12.9. The Morgan fingerprint density at radius 2 is 1.68 bits per heavy atom. The van der Waals surface area contributed by atoms with Crippen molar-refractivity contribution in [2.24, 2.45) is 11.7 Å². The van der Waals surface area contributed by atoms with Crippen molar-refractivity contribution in [2.75, 3.05) is 30.5 Å². The molecular formula is C22H27N3O5S. The standard InChI is InChI=1S/C22H27N3O5S/c1-2-25(31(28,29)20-6-4-3-5-7-20)18-8-10-19(11-9-18)30-16-21(26)24-14-12-17(13-15-24)22(23)27/h3-11,17H,2,12-16H2,1H3,(H2,23,27). The van der Waals surface area contributed by atoms with Crippen molar-refractivity contribution >= 4 is 27.5 Å². The lowest BCUT2D eigenvalue weighted by Crippen LogP contribution is -2.43. The van der Waals surface area contributed by atoms with Crippen LogP contribution >= 0.6 is 0 Å². The average Bonchev–Trinajstić information content (AvgIpc) is 2.79. The second kappa shape index (κ2) is 9.82. The number of rotatable bonds is 8. The fourth-order valence-electron chi connectivity index (χ4n) is 3.57. The van der Waals surface area contributed by atoms with Gasteiger partial charge in [0.15, 0.2) is 6.61 Å². The first-order valence-electron chi connectivity index (χ1n) is 10.2. The number of ether oxygens (including phenoxy) is 1. The molecule has 0 aliphatic carbocycles. The van der Waals surface area contributed by atoms with Crippen molar-refractivity contribution in [3.05, 3.63) is 54.6 Å². The van der Waals surface area contributed by atoms with E-state index in [2.05, 4.69) is 0 Å². The van der Waals surface area contributed by atoms with Crippen LogP contribution in [0.1, 0.15) is 19.8 Å². The summed E-state index contributed by atoms with van der Waals surface area (Å²) in [6.45, 7) is 2.89. The highest BCUT2D eigenvalue weighted by atomic mass is 32.2. The second-order valence-corrected chi connectivity index (χ2v) is 9.19. The van der Waals surface area contributed by atoms with Gasteiger partial charge in [-0.2, -0.15) is 0 Å². The third-order valence-corrected chi connectivity index (χ3v) is 7.27. The summed E-state index contributed by atoms with van der Waals surface area (Å²) >= 11 is 0. The zero-order valence-electron chi connectivity index (χ0n) is 17.4. The fourth-order valence-corrected chi connectivity index (χ4v) is 5.06. The van der Waals surface area contributed by atoms with E-state index in [0.717, 1.165) is 0 Å². The van der Waals surface area contributed by atoms with Crippen molar-refractivity contribution < 1.29 is 22.7 Å². The molecule has 8 nitrogen and oxygen atoms in total. The van der Waals surface area contributed by atoms with Crippen molar-refractivity contribution in [3.63, 3.8) is 0 Å². The van der Waals surface area contributed by atoms with E-state index in [4.69, 9.17) is 10.5 Å². The average molecular weight is 446 g/mol. The molecule has 0 radical (unpaired) electrons. The van der Waals surface area contributed by atoms with Crippen LogP contribution in [0.15, 0.2) is 59.5 Å². The number of piperidine rings is 1. The zero-order chi connectivity index (χ0) is 22.4. The van der Waals surface area contributed by atoms with Crippen LogP contribution in [0.2, 0.25) is 0 Å². The number of anilines is 1. The Morgan fingerprint density at radius 3 is 2.23 bits per heavy atom. The predicted octanol–water partition coefficient (Wildman–Crippen LogP) is 2.00. The maximum absolute atomic E-state index is 12.9. The van der Waals surface area contributed by atoms with Crippen LogP contribution in [0.3, 0.4) is 0 Å². The van der Waals surface area contributed by atoms with Gasteiger partial charge in [0.2, 0.25) is 5.91 Å². The molecule has 0 atom stereocenters. The molecule has 1 fully saturated rings. The van der Waals surface area contributed by atoms with Crippen LogP contribution in [-0.2, 0) is 19.6 Å². The van der Waals surface area contributed by atoms with Gasteiger partial charge in [0.25, 0.3) is 15.9 Å². The summed E-state index contributed by atoms with van der Waals surface area (Å²) in [5.41, 5.74) is 5.83. The molecule has 2 aromatic carbocycles. The minimum Gasteiger partial charge on any atom is -0.484 e. The molecule has 0 spiro atoms. The molecule has 166 valence electrons. The number of sulfonamides is 1. The van der Waals surface area contributed by atoms with Crippen molar-refractivity contribution in [2.45, 2.75) is 24.7 Å². The number of nitrogens with zero attached hydrogens (tertiary/aromatic N) is 2. The number of hydrogen-bond acceptors (Lipinski definition) is 5. The molecule has 2 N–H and O–H groups in total. The van der Waals surface area contributed by atoms with E-state index in [0.29, 0.717) is 37.4 Å². The number of hydrogen-bond donors (Lipinski definition) is 1. The molecule has 3 rings (SSSR count). The predicted molar refractivity (Wildman–Crippen MR) is 117 cm³/mol. The van der Waals surface area contributed by atoms with Gasteiger partial charge >= 0.3 is 0 Å². The summed E-state index contributed by atoms with van der Waals surface area (Å²) in [5.74, 6) is -0.184. The number of primary amides is 1. The minimum absolute atomic E-state index is 0.125. The molecule has 1 saturated heterocycles. The Hall–Kier alpha value is -3.07. The van der Waals surface area contributed by atoms with Gasteiger partial charge in [0.05, 0.1) is 10.6 Å². The van der Waals surface area contributed by atoms with Gasteiger partial charge in [-0.15, -0.1) is 0 Å². The third-order valence-electron chi connectivity index (χ3n) is 5.36. The summed E-state index contributed by atoms with van der Waals surface area (Å²) in [6, 6.07) is 14.9. The van der Waals surface area contributed by atoms with Gasteiger partial charge < -0.3 is 15.4 Å². The molecular weight excluding hydrogens is 418 g/mol. The molecule has 1 aliphatic heterocycles. The van der Waals surface area contributed by atoms with Crippen LogP contribution in [0, 0.1) is 5.92 Å². The number of carbonyl (C=O) groups excluding carboxylic acids is 2. The van der Waals surface area contributed by atoms with E-state index in [1.165, 1.54) is 4.31 Å². The van der Waals surface area contributed by atoms with E-state index < -0.39 is 10.0 Å². The van der Waals surface area contributed by atoms with Gasteiger partial charge in [-0.1, -0.05) is 18.2 Å². The molecule has 0 aromatic heterocycles. The molecule has 1 heterocycles. The summed E-state index contributed by atoms with van der Waals surface area (Å²) in [5, 5.41) is 0. The van der Waals surface area contributed by atoms with Crippen molar-refractivity contribution in [1.29, 1.82) is 0 Å². The number of carbonyl (C=O) groups is 2. The summed E-state index contributed by atoms with van der Waals surface area (Å²) in [7, 11) is -3.67. The largest absolute Gasteiger partial charge is 0.484 e. The number of nitrogens with two attached hydrogens (primary N) is 1. The van der Waals surface area contributed by atoms with E-state index in [1.54, 1.807) is 66.4 Å². The fraction of sp³-hybridized carbons (Fsp3) is 0.364. The molecule has 0 bridgehead atoms. The lowest BCUT2D eigenvalue weighted by atomic mass is 9.96. The minimum atomic E-state index is -3.67.